The summed E-state index contributed by atoms with van der Waals surface area (Å²) >= 11 is 12.4. The Morgan fingerprint density at radius 2 is 1.61 bits per heavy atom. The van der Waals surface area contributed by atoms with E-state index >= 15 is 0 Å². The van der Waals surface area contributed by atoms with Crippen LogP contribution in [0.2, 0.25) is 10.0 Å². The van der Waals surface area contributed by atoms with Crippen LogP contribution >= 0.6 is 23.2 Å². The molecule has 0 aliphatic rings. The Balaban J connectivity index is 2.11. The second-order valence-corrected chi connectivity index (χ2v) is 13.0. The first-order chi connectivity index (χ1) is 19.3. The van der Waals surface area contributed by atoms with Gasteiger partial charge in [0.2, 0.25) is 21.8 Å². The van der Waals surface area contributed by atoms with E-state index in [1.807, 2.05) is 64.1 Å². The lowest BCUT2D eigenvalue weighted by atomic mass is 10.0. The van der Waals surface area contributed by atoms with Gasteiger partial charge in [0.25, 0.3) is 0 Å². The summed E-state index contributed by atoms with van der Waals surface area (Å²) in [4.78, 5) is 29.4. The van der Waals surface area contributed by atoms with E-state index in [4.69, 9.17) is 23.2 Å². The summed E-state index contributed by atoms with van der Waals surface area (Å²) in [6.45, 7) is 7.10. The molecule has 0 aliphatic carbocycles. The van der Waals surface area contributed by atoms with Crippen molar-refractivity contribution in [3.8, 4) is 0 Å². The van der Waals surface area contributed by atoms with Gasteiger partial charge in [-0.3, -0.25) is 13.9 Å². The molecule has 0 radical (unpaired) electrons. The first kappa shape index (κ1) is 32.4. The van der Waals surface area contributed by atoms with Crippen molar-refractivity contribution in [2.75, 3.05) is 17.1 Å². The fourth-order valence-electron chi connectivity index (χ4n) is 4.43. The quantitative estimate of drug-likeness (QED) is 0.273. The predicted octanol–water partition coefficient (Wildman–Crippen LogP) is 5.93. The number of amides is 2. The summed E-state index contributed by atoms with van der Waals surface area (Å²) in [5.74, 6) is -0.850. The zero-order valence-corrected chi connectivity index (χ0v) is 26.4. The van der Waals surface area contributed by atoms with Crippen molar-refractivity contribution in [2.45, 2.75) is 59.2 Å². The molecule has 3 rings (SSSR count). The number of hydrogen-bond acceptors (Lipinski definition) is 4. The molecule has 220 valence electrons. The molecule has 0 spiro atoms. The number of carbonyl (C=O) groups is 2. The van der Waals surface area contributed by atoms with Gasteiger partial charge < -0.3 is 10.2 Å². The van der Waals surface area contributed by atoms with Gasteiger partial charge in [-0.15, -0.1) is 0 Å². The molecule has 2 amide bonds. The molecule has 7 nitrogen and oxygen atoms in total. The van der Waals surface area contributed by atoms with Gasteiger partial charge in [-0.05, 0) is 67.6 Å². The molecule has 0 saturated carbocycles. The topological polar surface area (TPSA) is 86.8 Å². The first-order valence-corrected chi connectivity index (χ1v) is 16.0. The van der Waals surface area contributed by atoms with Gasteiger partial charge in [0, 0.05) is 19.0 Å². The highest BCUT2D eigenvalue weighted by Gasteiger charge is 2.34. The van der Waals surface area contributed by atoms with Gasteiger partial charge in [-0.2, -0.15) is 0 Å². The number of nitrogens with zero attached hydrogens (tertiary/aromatic N) is 2. The number of hydrogen-bond donors (Lipinski definition) is 1. The van der Waals surface area contributed by atoms with Crippen molar-refractivity contribution in [3.63, 3.8) is 0 Å². The van der Waals surface area contributed by atoms with E-state index in [0.717, 1.165) is 27.3 Å². The number of sulfonamides is 1. The highest BCUT2D eigenvalue weighted by atomic mass is 35.5. The monoisotopic (exact) mass is 617 g/mol. The summed E-state index contributed by atoms with van der Waals surface area (Å²) in [5, 5.41) is 3.69. The van der Waals surface area contributed by atoms with E-state index in [1.165, 1.54) is 4.90 Å². The zero-order valence-electron chi connectivity index (χ0n) is 24.0. The lowest BCUT2D eigenvalue weighted by Crippen LogP contribution is -2.54. The van der Waals surface area contributed by atoms with Crippen LogP contribution in [0.25, 0.3) is 0 Å². The third kappa shape index (κ3) is 8.71. The number of halogens is 2. The van der Waals surface area contributed by atoms with Crippen molar-refractivity contribution >= 4 is 50.7 Å². The Kier molecular flexibility index (Phi) is 11.2. The van der Waals surface area contributed by atoms with E-state index < -0.39 is 28.5 Å². The third-order valence-corrected chi connectivity index (χ3v) is 9.00. The number of nitrogens with one attached hydrogen (secondary N) is 1. The lowest BCUT2D eigenvalue weighted by molar-refractivity contribution is -0.140. The largest absolute Gasteiger partial charge is 0.352 e. The molecule has 0 bridgehead atoms. The molecule has 3 aromatic rings. The lowest BCUT2D eigenvalue weighted by Gasteiger charge is -2.34. The van der Waals surface area contributed by atoms with Crippen LogP contribution in [0.4, 0.5) is 5.69 Å². The molecule has 3 aromatic carbocycles. The van der Waals surface area contributed by atoms with Crippen LogP contribution in [0, 0.1) is 13.8 Å². The number of anilines is 1. The van der Waals surface area contributed by atoms with Crippen LogP contribution in [0.3, 0.4) is 0 Å². The SMILES string of the molecule is CCC(C)NC(=O)C(Cc1ccccc1)N(Cc1ccc(Cl)c(Cl)c1)C(=O)CN(c1cccc(C)c1C)S(C)(=O)=O. The maximum Gasteiger partial charge on any atom is 0.244 e. The minimum absolute atomic E-state index is 0.0194. The smallest absolute Gasteiger partial charge is 0.244 e. The van der Waals surface area contributed by atoms with Crippen LogP contribution in [0.5, 0.6) is 0 Å². The van der Waals surface area contributed by atoms with Crippen molar-refractivity contribution in [1.82, 2.24) is 10.2 Å². The Labute approximate surface area is 253 Å². The van der Waals surface area contributed by atoms with E-state index in [2.05, 4.69) is 5.32 Å². The second-order valence-electron chi connectivity index (χ2n) is 10.3. The number of aryl methyl sites for hydroxylation is 1. The molecule has 2 atom stereocenters. The van der Waals surface area contributed by atoms with E-state index in [0.29, 0.717) is 27.7 Å². The van der Waals surface area contributed by atoms with Gasteiger partial charge in [0.15, 0.2) is 0 Å². The summed E-state index contributed by atoms with van der Waals surface area (Å²) < 4.78 is 27.1. The third-order valence-electron chi connectivity index (χ3n) is 7.13. The van der Waals surface area contributed by atoms with Crippen LogP contribution < -0.4 is 9.62 Å². The molecule has 2 unspecified atom stereocenters. The Morgan fingerprint density at radius 3 is 2.22 bits per heavy atom. The highest BCUT2D eigenvalue weighted by Crippen LogP contribution is 2.27. The maximum atomic E-state index is 14.2. The fourth-order valence-corrected chi connectivity index (χ4v) is 5.65. The van der Waals surface area contributed by atoms with Gasteiger partial charge in [0.1, 0.15) is 12.6 Å². The minimum Gasteiger partial charge on any atom is -0.352 e. The molecule has 1 N–H and O–H groups in total. The Hall–Kier alpha value is -3.07. The van der Waals surface area contributed by atoms with Gasteiger partial charge in [-0.1, -0.05) is 78.7 Å². The summed E-state index contributed by atoms with van der Waals surface area (Å²) in [5.41, 5.74) is 3.57. The van der Waals surface area contributed by atoms with E-state index in [9.17, 15) is 18.0 Å². The number of benzene rings is 3. The number of carbonyl (C=O) groups excluding carboxylic acids is 2. The van der Waals surface area contributed by atoms with Crippen LogP contribution in [-0.2, 0) is 32.6 Å². The molecule has 0 heterocycles. The van der Waals surface area contributed by atoms with Crippen molar-refractivity contribution < 1.29 is 18.0 Å². The van der Waals surface area contributed by atoms with Gasteiger partial charge in [0.05, 0.1) is 22.0 Å². The van der Waals surface area contributed by atoms with Gasteiger partial charge >= 0.3 is 0 Å². The minimum atomic E-state index is -3.85. The Morgan fingerprint density at radius 1 is 0.927 bits per heavy atom. The Bertz CT molecular complexity index is 1480. The van der Waals surface area contributed by atoms with Crippen LogP contribution in [0.1, 0.15) is 42.5 Å². The average Bonchev–Trinajstić information content (AvgIpc) is 2.92. The molecular weight excluding hydrogens is 581 g/mol. The molecule has 41 heavy (non-hydrogen) atoms. The number of rotatable bonds is 12. The normalized spacial score (nSPS) is 12.9. The van der Waals surface area contributed by atoms with Crippen molar-refractivity contribution in [1.29, 1.82) is 0 Å². The van der Waals surface area contributed by atoms with Crippen LogP contribution in [-0.4, -0.2) is 50.0 Å². The highest BCUT2D eigenvalue weighted by molar-refractivity contribution is 7.92. The van der Waals surface area contributed by atoms with E-state index in [1.54, 1.807) is 30.3 Å². The molecular formula is C31H37Cl2N3O4S. The molecule has 0 fully saturated rings. The van der Waals surface area contributed by atoms with E-state index in [-0.39, 0.29) is 24.9 Å². The first-order valence-electron chi connectivity index (χ1n) is 13.4. The summed E-state index contributed by atoms with van der Waals surface area (Å²) in [6, 6.07) is 18.7. The predicted molar refractivity (Wildman–Crippen MR) is 167 cm³/mol. The fraction of sp³-hybridized carbons (Fsp3) is 0.355. The molecule has 10 heteroatoms. The van der Waals surface area contributed by atoms with Crippen molar-refractivity contribution in [3.05, 3.63) is 99.0 Å². The zero-order chi connectivity index (χ0) is 30.3. The summed E-state index contributed by atoms with van der Waals surface area (Å²) in [7, 11) is -3.85. The second kappa shape index (κ2) is 14.2. The molecule has 0 saturated heterocycles. The van der Waals surface area contributed by atoms with Crippen LogP contribution in [0.15, 0.2) is 66.7 Å². The molecule has 0 aliphatic heterocycles. The summed E-state index contributed by atoms with van der Waals surface area (Å²) in [6.07, 6.45) is 2.01. The maximum absolute atomic E-state index is 14.2. The molecule has 0 aromatic heterocycles. The standard InChI is InChI=1S/C31H37Cl2N3O4S/c1-6-22(3)34-31(38)29(18-24-12-8-7-9-13-24)35(19-25-15-16-26(32)27(33)17-25)30(37)20-36(41(5,39)40)28-14-10-11-21(2)23(28)4/h7-17,22,29H,6,18-20H2,1-5H3,(H,34,38). The van der Waals surface area contributed by atoms with Gasteiger partial charge in [-0.25, -0.2) is 8.42 Å². The average molecular weight is 619 g/mol. The van der Waals surface area contributed by atoms with Crippen molar-refractivity contribution in [2.24, 2.45) is 0 Å².